The number of nitrogen functional groups attached to an aromatic ring is 1. The molecule has 1 fully saturated rings. The largest absolute Gasteiger partial charge is 0.399 e. The van der Waals surface area contributed by atoms with Crippen molar-refractivity contribution in [2.24, 2.45) is 0 Å². The maximum atomic E-state index is 11.9. The highest BCUT2D eigenvalue weighted by molar-refractivity contribution is 5.77. The summed E-state index contributed by atoms with van der Waals surface area (Å²) in [4.78, 5) is 11.9. The monoisotopic (exact) mass is 246 g/mol. The van der Waals surface area contributed by atoms with Gasteiger partial charge in [0.1, 0.15) is 0 Å². The molecule has 3 nitrogen and oxygen atoms in total. The second-order valence-corrected chi connectivity index (χ2v) is 5.56. The summed E-state index contributed by atoms with van der Waals surface area (Å²) in [6.45, 7) is 2.15. The Morgan fingerprint density at radius 3 is 2.50 bits per heavy atom. The predicted molar refractivity (Wildman–Crippen MR) is 74.2 cm³/mol. The molecule has 1 amide bonds. The molecule has 1 saturated carbocycles. The molecule has 1 aliphatic carbocycles. The lowest BCUT2D eigenvalue weighted by Crippen LogP contribution is -2.43. The van der Waals surface area contributed by atoms with Crippen molar-refractivity contribution in [3.63, 3.8) is 0 Å². The highest BCUT2D eigenvalue weighted by Crippen LogP contribution is 2.28. The minimum Gasteiger partial charge on any atom is -0.399 e. The molecule has 0 saturated heterocycles. The molecule has 0 atom stereocenters. The second kappa shape index (κ2) is 5.42. The van der Waals surface area contributed by atoms with E-state index in [9.17, 15) is 4.79 Å². The molecule has 0 heterocycles. The van der Waals surface area contributed by atoms with Crippen LogP contribution in [-0.4, -0.2) is 11.4 Å². The number of carbonyl (C=O) groups is 1. The molecule has 2 rings (SSSR count). The van der Waals surface area contributed by atoms with Gasteiger partial charge in [0, 0.05) is 17.6 Å². The standard InChI is InChI=1S/C15H22N2O/c1-15(10-2-3-11-15)17-14(18)9-6-12-4-7-13(16)8-5-12/h4-5,7-8H,2-3,6,9-11,16H2,1H3,(H,17,18). The fraction of sp³-hybridized carbons (Fsp3) is 0.533. The summed E-state index contributed by atoms with van der Waals surface area (Å²) in [6, 6.07) is 7.73. The van der Waals surface area contributed by atoms with Gasteiger partial charge >= 0.3 is 0 Å². The molecule has 0 radical (unpaired) electrons. The third-order valence-corrected chi connectivity index (χ3v) is 3.77. The summed E-state index contributed by atoms with van der Waals surface area (Å²) in [5.74, 6) is 0.163. The van der Waals surface area contributed by atoms with Crippen LogP contribution in [0.4, 0.5) is 5.69 Å². The van der Waals surface area contributed by atoms with Crippen LogP contribution in [0.3, 0.4) is 0 Å². The zero-order valence-corrected chi connectivity index (χ0v) is 11.0. The lowest BCUT2D eigenvalue weighted by molar-refractivity contribution is -0.122. The van der Waals surface area contributed by atoms with E-state index in [2.05, 4.69) is 12.2 Å². The van der Waals surface area contributed by atoms with Gasteiger partial charge in [-0.1, -0.05) is 25.0 Å². The van der Waals surface area contributed by atoms with Crippen LogP contribution in [0.1, 0.15) is 44.6 Å². The third kappa shape index (κ3) is 3.49. The fourth-order valence-corrected chi connectivity index (χ4v) is 2.62. The summed E-state index contributed by atoms with van der Waals surface area (Å²) in [7, 11) is 0. The van der Waals surface area contributed by atoms with Crippen LogP contribution in [0.2, 0.25) is 0 Å². The minimum absolute atomic E-state index is 0.0399. The molecule has 1 aromatic rings. The summed E-state index contributed by atoms with van der Waals surface area (Å²) in [5.41, 5.74) is 7.60. The van der Waals surface area contributed by atoms with E-state index in [1.54, 1.807) is 0 Å². The van der Waals surface area contributed by atoms with E-state index in [4.69, 9.17) is 5.73 Å². The summed E-state index contributed by atoms with van der Waals surface area (Å²) in [5, 5.41) is 3.17. The minimum atomic E-state index is 0.0399. The molecule has 98 valence electrons. The maximum absolute atomic E-state index is 11.9. The normalized spacial score (nSPS) is 17.6. The van der Waals surface area contributed by atoms with E-state index in [-0.39, 0.29) is 11.4 Å². The molecule has 1 aromatic carbocycles. The summed E-state index contributed by atoms with van der Waals surface area (Å²) >= 11 is 0. The van der Waals surface area contributed by atoms with Gasteiger partial charge in [-0.2, -0.15) is 0 Å². The van der Waals surface area contributed by atoms with Gasteiger partial charge in [-0.3, -0.25) is 4.79 Å². The summed E-state index contributed by atoms with van der Waals surface area (Å²) < 4.78 is 0. The topological polar surface area (TPSA) is 55.1 Å². The third-order valence-electron chi connectivity index (χ3n) is 3.77. The van der Waals surface area contributed by atoms with Crippen LogP contribution in [-0.2, 0) is 11.2 Å². The SMILES string of the molecule is CC1(NC(=O)CCc2ccc(N)cc2)CCCC1. The second-order valence-electron chi connectivity index (χ2n) is 5.56. The van der Waals surface area contributed by atoms with Crippen LogP contribution >= 0.6 is 0 Å². The van der Waals surface area contributed by atoms with Crippen molar-refractivity contribution in [2.75, 3.05) is 5.73 Å². The molecule has 1 aliphatic rings. The van der Waals surface area contributed by atoms with Crippen molar-refractivity contribution in [1.82, 2.24) is 5.32 Å². The molecule has 0 aromatic heterocycles. The van der Waals surface area contributed by atoms with E-state index in [1.807, 2.05) is 24.3 Å². The first-order chi connectivity index (χ1) is 8.57. The van der Waals surface area contributed by atoms with Crippen molar-refractivity contribution in [2.45, 2.75) is 51.0 Å². The van der Waals surface area contributed by atoms with Crippen molar-refractivity contribution in [1.29, 1.82) is 0 Å². The van der Waals surface area contributed by atoms with Gasteiger partial charge in [0.2, 0.25) is 5.91 Å². The van der Waals surface area contributed by atoms with Gasteiger partial charge in [0.05, 0.1) is 0 Å². The van der Waals surface area contributed by atoms with Crippen LogP contribution in [0.25, 0.3) is 0 Å². The number of benzene rings is 1. The number of hydrogen-bond donors (Lipinski definition) is 2. The number of anilines is 1. The Bertz CT molecular complexity index is 405. The first-order valence-corrected chi connectivity index (χ1v) is 6.73. The zero-order chi connectivity index (χ0) is 13.0. The average molecular weight is 246 g/mol. The molecule has 0 aliphatic heterocycles. The van der Waals surface area contributed by atoms with Crippen LogP contribution in [0.5, 0.6) is 0 Å². The smallest absolute Gasteiger partial charge is 0.220 e. The fourth-order valence-electron chi connectivity index (χ4n) is 2.62. The lowest BCUT2D eigenvalue weighted by atomic mass is 10.00. The van der Waals surface area contributed by atoms with E-state index in [1.165, 1.54) is 12.8 Å². The van der Waals surface area contributed by atoms with Crippen LogP contribution in [0.15, 0.2) is 24.3 Å². The Labute approximate surface area is 109 Å². The van der Waals surface area contributed by atoms with Crippen molar-refractivity contribution < 1.29 is 4.79 Å². The highest BCUT2D eigenvalue weighted by atomic mass is 16.1. The van der Waals surface area contributed by atoms with E-state index >= 15 is 0 Å². The molecule has 0 spiro atoms. The summed E-state index contributed by atoms with van der Waals surface area (Å²) in [6.07, 6.45) is 6.02. The number of nitrogens with one attached hydrogen (secondary N) is 1. The van der Waals surface area contributed by atoms with Crippen molar-refractivity contribution in [3.8, 4) is 0 Å². The molecular formula is C15H22N2O. The first kappa shape index (κ1) is 12.9. The van der Waals surface area contributed by atoms with E-state index in [0.717, 1.165) is 30.5 Å². The van der Waals surface area contributed by atoms with E-state index < -0.39 is 0 Å². The van der Waals surface area contributed by atoms with Gasteiger partial charge in [0.15, 0.2) is 0 Å². The molecule has 0 bridgehead atoms. The molecule has 18 heavy (non-hydrogen) atoms. The van der Waals surface area contributed by atoms with Crippen LogP contribution < -0.4 is 11.1 Å². The number of carbonyl (C=O) groups excluding carboxylic acids is 1. The van der Waals surface area contributed by atoms with Gasteiger partial charge in [-0.15, -0.1) is 0 Å². The quantitative estimate of drug-likeness (QED) is 0.802. The Kier molecular flexibility index (Phi) is 3.90. The van der Waals surface area contributed by atoms with Gasteiger partial charge < -0.3 is 11.1 Å². The molecule has 3 N–H and O–H groups in total. The number of rotatable bonds is 4. The Hall–Kier alpha value is -1.51. The molecule has 0 unspecified atom stereocenters. The molecular weight excluding hydrogens is 224 g/mol. The van der Waals surface area contributed by atoms with Gasteiger partial charge in [0.25, 0.3) is 0 Å². The number of nitrogens with two attached hydrogens (primary N) is 1. The number of amides is 1. The Balaban J connectivity index is 1.79. The van der Waals surface area contributed by atoms with Crippen molar-refractivity contribution in [3.05, 3.63) is 29.8 Å². The predicted octanol–water partition coefficient (Wildman–Crippen LogP) is 2.65. The number of aryl methyl sites for hydroxylation is 1. The van der Waals surface area contributed by atoms with E-state index in [0.29, 0.717) is 6.42 Å². The first-order valence-electron chi connectivity index (χ1n) is 6.73. The van der Waals surface area contributed by atoms with Gasteiger partial charge in [-0.25, -0.2) is 0 Å². The average Bonchev–Trinajstić information content (AvgIpc) is 2.75. The van der Waals surface area contributed by atoms with Gasteiger partial charge in [-0.05, 0) is 43.9 Å². The number of hydrogen-bond acceptors (Lipinski definition) is 2. The molecule has 3 heteroatoms. The zero-order valence-electron chi connectivity index (χ0n) is 11.0. The maximum Gasteiger partial charge on any atom is 0.220 e. The Morgan fingerprint density at radius 1 is 1.28 bits per heavy atom. The lowest BCUT2D eigenvalue weighted by Gasteiger charge is -2.25. The van der Waals surface area contributed by atoms with Crippen LogP contribution in [0, 0.1) is 0 Å². The highest BCUT2D eigenvalue weighted by Gasteiger charge is 2.29. The van der Waals surface area contributed by atoms with Crippen molar-refractivity contribution >= 4 is 11.6 Å². The Morgan fingerprint density at radius 2 is 1.89 bits per heavy atom.